The fourth-order valence-corrected chi connectivity index (χ4v) is 3.08. The van der Waals surface area contributed by atoms with E-state index in [0.717, 1.165) is 16.6 Å². The van der Waals surface area contributed by atoms with Gasteiger partial charge < -0.3 is 9.88 Å². The van der Waals surface area contributed by atoms with Crippen molar-refractivity contribution < 1.29 is 9.59 Å². The van der Waals surface area contributed by atoms with Crippen LogP contribution >= 0.6 is 0 Å². The summed E-state index contributed by atoms with van der Waals surface area (Å²) in [5.41, 5.74) is 3.79. The molecule has 0 atom stereocenters. The van der Waals surface area contributed by atoms with Gasteiger partial charge in [0.05, 0.1) is 11.0 Å². The molecule has 0 saturated carbocycles. The van der Waals surface area contributed by atoms with Crippen LogP contribution in [0, 0.1) is 0 Å². The van der Waals surface area contributed by atoms with Gasteiger partial charge >= 0.3 is 0 Å². The Hall–Kier alpha value is -3.80. The molecule has 0 radical (unpaired) electrons. The van der Waals surface area contributed by atoms with Gasteiger partial charge in [-0.2, -0.15) is 0 Å². The number of nitrogens with one attached hydrogen (secondary N) is 1. The molecular formula is C22H18N4O2. The molecule has 1 amide bonds. The first kappa shape index (κ1) is 17.6. The number of anilines is 1. The highest BCUT2D eigenvalue weighted by Crippen LogP contribution is 2.24. The summed E-state index contributed by atoms with van der Waals surface area (Å²) in [7, 11) is 0. The Labute approximate surface area is 161 Å². The van der Waals surface area contributed by atoms with Gasteiger partial charge in [-0.1, -0.05) is 12.1 Å². The molecule has 6 nitrogen and oxygen atoms in total. The summed E-state index contributed by atoms with van der Waals surface area (Å²) in [4.78, 5) is 32.9. The number of ketones is 1. The molecule has 1 N–H and O–H groups in total. The van der Waals surface area contributed by atoms with E-state index in [4.69, 9.17) is 0 Å². The minimum Gasteiger partial charge on any atom is -0.325 e. The van der Waals surface area contributed by atoms with Crippen LogP contribution in [0.15, 0.2) is 73.1 Å². The number of imidazole rings is 1. The second-order valence-electron chi connectivity index (χ2n) is 6.43. The Kier molecular flexibility index (Phi) is 4.68. The average molecular weight is 370 g/mol. The number of rotatable bonds is 5. The molecule has 2 aromatic carbocycles. The summed E-state index contributed by atoms with van der Waals surface area (Å²) in [6.45, 7) is 1.62. The zero-order valence-corrected chi connectivity index (χ0v) is 15.3. The number of benzene rings is 2. The first-order valence-electron chi connectivity index (χ1n) is 8.88. The lowest BCUT2D eigenvalue weighted by Crippen LogP contribution is -2.19. The van der Waals surface area contributed by atoms with Crippen molar-refractivity contribution in [1.29, 1.82) is 0 Å². The number of hydrogen-bond acceptors (Lipinski definition) is 4. The van der Waals surface area contributed by atoms with Crippen molar-refractivity contribution in [2.24, 2.45) is 0 Å². The van der Waals surface area contributed by atoms with Gasteiger partial charge in [-0.15, -0.1) is 0 Å². The highest BCUT2D eigenvalue weighted by Gasteiger charge is 2.15. The number of para-hydroxylation sites is 2. The molecule has 0 fully saturated rings. The molecule has 4 aromatic rings. The normalized spacial score (nSPS) is 10.8. The largest absolute Gasteiger partial charge is 0.325 e. The first-order valence-corrected chi connectivity index (χ1v) is 8.88. The monoisotopic (exact) mass is 370 g/mol. The number of nitrogens with zero attached hydrogens (tertiary/aromatic N) is 3. The Bertz CT molecular complexity index is 1150. The van der Waals surface area contributed by atoms with E-state index in [1.54, 1.807) is 36.7 Å². The molecule has 2 heterocycles. The lowest BCUT2D eigenvalue weighted by Gasteiger charge is -2.10. The first-order chi connectivity index (χ1) is 13.6. The van der Waals surface area contributed by atoms with Gasteiger partial charge in [0.15, 0.2) is 5.78 Å². The number of carbonyl (C=O) groups excluding carboxylic acids is 2. The van der Waals surface area contributed by atoms with E-state index < -0.39 is 0 Å². The van der Waals surface area contributed by atoms with Crippen LogP contribution in [-0.4, -0.2) is 26.2 Å². The van der Waals surface area contributed by atoms with Gasteiger partial charge in [0.25, 0.3) is 0 Å². The Balaban J connectivity index is 1.63. The Morgan fingerprint density at radius 3 is 2.50 bits per heavy atom. The zero-order chi connectivity index (χ0) is 19.5. The molecule has 6 heteroatoms. The van der Waals surface area contributed by atoms with Crippen molar-refractivity contribution in [3.63, 3.8) is 0 Å². The van der Waals surface area contributed by atoms with E-state index in [9.17, 15) is 9.59 Å². The highest BCUT2D eigenvalue weighted by atomic mass is 16.2. The third-order valence-electron chi connectivity index (χ3n) is 4.45. The molecular weight excluding hydrogens is 352 g/mol. The quantitative estimate of drug-likeness (QED) is 0.540. The van der Waals surface area contributed by atoms with Crippen LogP contribution in [0.2, 0.25) is 0 Å². The molecule has 0 aliphatic carbocycles. The summed E-state index contributed by atoms with van der Waals surface area (Å²) in [5, 5.41) is 2.88. The number of amides is 1. The molecule has 0 unspecified atom stereocenters. The van der Waals surface area contributed by atoms with Gasteiger partial charge in [-0.25, -0.2) is 4.98 Å². The van der Waals surface area contributed by atoms with E-state index in [2.05, 4.69) is 15.3 Å². The van der Waals surface area contributed by atoms with Crippen LogP contribution in [0.3, 0.4) is 0 Å². The van der Waals surface area contributed by atoms with Crippen LogP contribution < -0.4 is 5.32 Å². The lowest BCUT2D eigenvalue weighted by molar-refractivity contribution is -0.116. The number of carbonyl (C=O) groups is 2. The fourth-order valence-electron chi connectivity index (χ4n) is 3.08. The number of aromatic nitrogens is 3. The number of Topliss-reactive ketones (excluding diaryl/α,β-unsaturated/α-hetero) is 1. The average Bonchev–Trinajstić information content (AvgIpc) is 3.07. The van der Waals surface area contributed by atoms with E-state index >= 15 is 0 Å². The molecule has 28 heavy (non-hydrogen) atoms. The van der Waals surface area contributed by atoms with Crippen LogP contribution in [-0.2, 0) is 11.3 Å². The topological polar surface area (TPSA) is 76.9 Å². The minimum absolute atomic E-state index is 0.0103. The van der Waals surface area contributed by atoms with Crippen molar-refractivity contribution in [1.82, 2.24) is 14.5 Å². The molecule has 0 bridgehead atoms. The van der Waals surface area contributed by atoms with Crippen LogP contribution in [0.1, 0.15) is 17.3 Å². The smallest absolute Gasteiger partial charge is 0.244 e. The second kappa shape index (κ2) is 7.44. The maximum absolute atomic E-state index is 12.7. The summed E-state index contributed by atoms with van der Waals surface area (Å²) in [6, 6.07) is 18.3. The molecule has 0 aliphatic rings. The highest BCUT2D eigenvalue weighted by molar-refractivity contribution is 5.96. The van der Waals surface area contributed by atoms with Crippen LogP contribution in [0.5, 0.6) is 0 Å². The Morgan fingerprint density at radius 2 is 1.79 bits per heavy atom. The molecule has 138 valence electrons. The third kappa shape index (κ3) is 3.53. The van der Waals surface area contributed by atoms with Gasteiger partial charge in [-0.05, 0) is 55.5 Å². The van der Waals surface area contributed by atoms with Crippen molar-refractivity contribution in [3.05, 3.63) is 78.6 Å². The summed E-state index contributed by atoms with van der Waals surface area (Å²) in [5.74, 6) is 0.504. The minimum atomic E-state index is -0.177. The number of pyridine rings is 1. The Morgan fingerprint density at radius 1 is 1.00 bits per heavy atom. The maximum Gasteiger partial charge on any atom is 0.244 e. The van der Waals surface area contributed by atoms with Crippen LogP contribution in [0.4, 0.5) is 5.69 Å². The summed E-state index contributed by atoms with van der Waals surface area (Å²) >= 11 is 0. The molecule has 4 rings (SSSR count). The molecule has 0 spiro atoms. The van der Waals surface area contributed by atoms with Crippen LogP contribution in [0.25, 0.3) is 22.4 Å². The van der Waals surface area contributed by atoms with E-state index in [1.165, 1.54) is 6.92 Å². The van der Waals surface area contributed by atoms with Gasteiger partial charge in [0.2, 0.25) is 5.91 Å². The van der Waals surface area contributed by atoms with Gasteiger partial charge in [0.1, 0.15) is 12.4 Å². The molecule has 2 aromatic heterocycles. The fraction of sp³-hybridized carbons (Fsp3) is 0.0909. The lowest BCUT2D eigenvalue weighted by atomic mass is 10.1. The van der Waals surface area contributed by atoms with E-state index in [0.29, 0.717) is 17.1 Å². The second-order valence-corrected chi connectivity index (χ2v) is 6.43. The molecule has 0 aliphatic heterocycles. The van der Waals surface area contributed by atoms with Crippen molar-refractivity contribution in [2.75, 3.05) is 5.32 Å². The van der Waals surface area contributed by atoms with Gasteiger partial charge in [-0.3, -0.25) is 14.6 Å². The van der Waals surface area contributed by atoms with Crippen molar-refractivity contribution >= 4 is 28.4 Å². The predicted molar refractivity (Wildman–Crippen MR) is 108 cm³/mol. The van der Waals surface area contributed by atoms with E-state index in [-0.39, 0.29) is 18.2 Å². The zero-order valence-electron chi connectivity index (χ0n) is 15.3. The predicted octanol–water partition coefficient (Wildman–Crippen LogP) is 3.94. The number of hydrogen-bond donors (Lipinski definition) is 1. The van der Waals surface area contributed by atoms with E-state index in [1.807, 2.05) is 41.0 Å². The SMILES string of the molecule is CC(=O)c1ccc(NC(=O)Cn2c(-c3cccnc3)nc3ccccc32)cc1. The molecule has 0 saturated heterocycles. The number of fused-ring (bicyclic) bond motifs is 1. The third-order valence-corrected chi connectivity index (χ3v) is 4.45. The van der Waals surface area contributed by atoms with Crippen molar-refractivity contribution in [2.45, 2.75) is 13.5 Å². The summed E-state index contributed by atoms with van der Waals surface area (Å²) in [6.07, 6.45) is 3.43. The standard InChI is InChI=1S/C22H18N4O2/c1-15(27)16-8-10-18(11-9-16)24-21(28)14-26-20-7-3-2-6-19(20)25-22(26)17-5-4-12-23-13-17/h2-13H,14H2,1H3,(H,24,28). The van der Waals surface area contributed by atoms with Gasteiger partial charge in [0, 0.05) is 29.2 Å². The summed E-state index contributed by atoms with van der Waals surface area (Å²) < 4.78 is 1.88. The van der Waals surface area contributed by atoms with Crippen molar-refractivity contribution in [3.8, 4) is 11.4 Å². The maximum atomic E-state index is 12.7.